The van der Waals surface area contributed by atoms with Crippen molar-refractivity contribution in [3.63, 3.8) is 0 Å². The zero-order chi connectivity index (χ0) is 10.2. The van der Waals surface area contributed by atoms with E-state index in [0.717, 1.165) is 0 Å². The van der Waals surface area contributed by atoms with E-state index in [2.05, 4.69) is 0 Å². The lowest BCUT2D eigenvalue weighted by Gasteiger charge is -2.07. The van der Waals surface area contributed by atoms with Crippen molar-refractivity contribution in [2.45, 2.75) is 33.8 Å². The second-order valence-corrected chi connectivity index (χ2v) is 4.63. The van der Waals surface area contributed by atoms with E-state index >= 15 is 0 Å². The summed E-state index contributed by atoms with van der Waals surface area (Å²) >= 11 is 0. The summed E-state index contributed by atoms with van der Waals surface area (Å²) in [6.45, 7) is 8.47. The number of carbonyl (C=O) groups is 1. The van der Waals surface area contributed by atoms with Crippen molar-refractivity contribution in [1.29, 1.82) is 0 Å². The third-order valence-corrected chi connectivity index (χ3v) is 2.93. The van der Waals surface area contributed by atoms with Crippen LogP contribution >= 0.6 is 0 Å². The van der Waals surface area contributed by atoms with E-state index < -0.39 is 5.97 Å². The van der Waals surface area contributed by atoms with Gasteiger partial charge in [-0.15, -0.1) is 0 Å². The Labute approximate surface area is 79.1 Å². The quantitative estimate of drug-likeness (QED) is 0.727. The Morgan fingerprint density at radius 2 is 2.08 bits per heavy atom. The first kappa shape index (κ1) is 10.5. The van der Waals surface area contributed by atoms with Crippen LogP contribution in [0.1, 0.15) is 27.7 Å². The predicted octanol–water partition coefficient (Wildman–Crippen LogP) is 1.77. The average Bonchev–Trinajstić information content (AvgIpc) is 2.48. The lowest BCUT2D eigenvalue weighted by atomic mass is 10.1. The van der Waals surface area contributed by atoms with Crippen LogP contribution in [0.4, 0.5) is 0 Å². The fourth-order valence-corrected chi connectivity index (χ4v) is 1.84. The van der Waals surface area contributed by atoms with Gasteiger partial charge in [-0.3, -0.25) is 4.79 Å². The number of ether oxygens (including phenoxy) is 1. The van der Waals surface area contributed by atoms with Crippen molar-refractivity contribution in [1.82, 2.24) is 0 Å². The summed E-state index contributed by atoms with van der Waals surface area (Å²) in [4.78, 5) is 10.8. The molecule has 0 aromatic rings. The monoisotopic (exact) mass is 186 g/mol. The Morgan fingerprint density at radius 3 is 2.38 bits per heavy atom. The SMILES string of the molecule is CC(C)OC[C@H]1[C@H](C(=O)O)C1(C)C. The normalized spacial score (nSPS) is 30.5. The van der Waals surface area contributed by atoms with Crippen LogP contribution in [0.3, 0.4) is 0 Å². The number of rotatable bonds is 4. The minimum absolute atomic E-state index is 0.0826. The lowest BCUT2D eigenvalue weighted by Crippen LogP contribution is -2.08. The van der Waals surface area contributed by atoms with Crippen molar-refractivity contribution < 1.29 is 14.6 Å². The zero-order valence-electron chi connectivity index (χ0n) is 8.70. The maximum Gasteiger partial charge on any atom is 0.307 e. The summed E-state index contributed by atoms with van der Waals surface area (Å²) in [6, 6.07) is 0. The predicted molar refractivity (Wildman–Crippen MR) is 49.5 cm³/mol. The molecule has 0 aromatic carbocycles. The molecule has 1 N–H and O–H groups in total. The first-order valence-corrected chi connectivity index (χ1v) is 4.71. The summed E-state index contributed by atoms with van der Waals surface area (Å²) in [5.41, 5.74) is -0.0826. The molecule has 2 atom stereocenters. The Balaban J connectivity index is 2.42. The summed E-state index contributed by atoms with van der Waals surface area (Å²) in [7, 11) is 0. The van der Waals surface area contributed by atoms with E-state index in [9.17, 15) is 4.79 Å². The van der Waals surface area contributed by atoms with Gasteiger partial charge < -0.3 is 9.84 Å². The molecule has 0 radical (unpaired) electrons. The highest BCUT2D eigenvalue weighted by atomic mass is 16.5. The first-order valence-electron chi connectivity index (χ1n) is 4.71. The summed E-state index contributed by atoms with van der Waals surface area (Å²) in [5.74, 6) is -0.721. The summed E-state index contributed by atoms with van der Waals surface area (Å²) in [6.07, 6.45) is 0.186. The molecule has 1 saturated carbocycles. The van der Waals surface area contributed by atoms with Gasteiger partial charge in [-0.2, -0.15) is 0 Å². The highest BCUT2D eigenvalue weighted by molar-refractivity contribution is 5.75. The van der Waals surface area contributed by atoms with Crippen LogP contribution < -0.4 is 0 Å². The Kier molecular flexibility index (Phi) is 2.66. The van der Waals surface area contributed by atoms with E-state index in [1.165, 1.54) is 0 Å². The van der Waals surface area contributed by atoms with Crippen LogP contribution in [0, 0.1) is 17.3 Å². The number of hydrogen-bond donors (Lipinski definition) is 1. The molecule has 0 saturated heterocycles. The van der Waals surface area contributed by atoms with Crippen molar-refractivity contribution in [2.24, 2.45) is 17.3 Å². The highest BCUT2D eigenvalue weighted by Gasteiger charge is 2.62. The first-order chi connectivity index (χ1) is 5.87. The molecule has 76 valence electrons. The van der Waals surface area contributed by atoms with Crippen molar-refractivity contribution in [3.8, 4) is 0 Å². The molecule has 3 nitrogen and oxygen atoms in total. The molecule has 0 aliphatic heterocycles. The second-order valence-electron chi connectivity index (χ2n) is 4.63. The maximum absolute atomic E-state index is 10.8. The number of aliphatic carboxylic acids is 1. The Bertz CT molecular complexity index is 208. The molecule has 1 rings (SSSR count). The van der Waals surface area contributed by atoms with Gasteiger partial charge in [0.05, 0.1) is 18.6 Å². The van der Waals surface area contributed by atoms with Gasteiger partial charge in [0.1, 0.15) is 0 Å². The minimum Gasteiger partial charge on any atom is -0.481 e. The van der Waals surface area contributed by atoms with E-state index in [1.807, 2.05) is 27.7 Å². The minimum atomic E-state index is -0.692. The van der Waals surface area contributed by atoms with E-state index in [1.54, 1.807) is 0 Å². The Hall–Kier alpha value is -0.570. The summed E-state index contributed by atoms with van der Waals surface area (Å²) in [5, 5.41) is 8.87. The molecule has 0 aromatic heterocycles. The second kappa shape index (κ2) is 3.29. The van der Waals surface area contributed by atoms with Crippen molar-refractivity contribution in [2.75, 3.05) is 6.61 Å². The van der Waals surface area contributed by atoms with Crippen LogP contribution in [-0.2, 0) is 9.53 Å². The molecule has 3 heteroatoms. The van der Waals surface area contributed by atoms with Gasteiger partial charge in [0.15, 0.2) is 0 Å². The van der Waals surface area contributed by atoms with E-state index in [0.29, 0.717) is 6.61 Å². The third kappa shape index (κ3) is 2.02. The number of hydrogen-bond acceptors (Lipinski definition) is 2. The van der Waals surface area contributed by atoms with Crippen LogP contribution in [-0.4, -0.2) is 23.8 Å². The van der Waals surface area contributed by atoms with Gasteiger partial charge in [-0.25, -0.2) is 0 Å². The van der Waals surface area contributed by atoms with Gasteiger partial charge in [0, 0.05) is 5.92 Å². The molecule has 1 fully saturated rings. The molecule has 0 bridgehead atoms. The van der Waals surface area contributed by atoms with Gasteiger partial charge in [0.2, 0.25) is 0 Å². The highest BCUT2D eigenvalue weighted by Crippen LogP contribution is 2.58. The van der Waals surface area contributed by atoms with Crippen LogP contribution in [0.5, 0.6) is 0 Å². The number of carboxylic acids is 1. The molecule has 1 aliphatic rings. The standard InChI is InChI=1S/C10H18O3/c1-6(2)13-5-7-8(9(11)12)10(7,3)4/h6-8H,5H2,1-4H3,(H,11,12)/t7-,8+/m0/s1. The largest absolute Gasteiger partial charge is 0.481 e. The molecule has 13 heavy (non-hydrogen) atoms. The molecule has 0 spiro atoms. The molecule has 0 heterocycles. The van der Waals surface area contributed by atoms with E-state index in [-0.39, 0.29) is 23.4 Å². The fourth-order valence-electron chi connectivity index (χ4n) is 1.84. The Morgan fingerprint density at radius 1 is 1.54 bits per heavy atom. The van der Waals surface area contributed by atoms with Gasteiger partial charge in [-0.1, -0.05) is 13.8 Å². The van der Waals surface area contributed by atoms with Gasteiger partial charge >= 0.3 is 5.97 Å². The fraction of sp³-hybridized carbons (Fsp3) is 0.900. The summed E-state index contributed by atoms with van der Waals surface area (Å²) < 4.78 is 5.42. The van der Waals surface area contributed by atoms with Crippen LogP contribution in [0.15, 0.2) is 0 Å². The van der Waals surface area contributed by atoms with Gasteiger partial charge in [0.25, 0.3) is 0 Å². The molecular weight excluding hydrogens is 168 g/mol. The maximum atomic E-state index is 10.8. The average molecular weight is 186 g/mol. The van der Waals surface area contributed by atoms with Crippen molar-refractivity contribution >= 4 is 5.97 Å². The van der Waals surface area contributed by atoms with Crippen LogP contribution in [0.25, 0.3) is 0 Å². The molecule has 1 aliphatic carbocycles. The van der Waals surface area contributed by atoms with Crippen LogP contribution in [0.2, 0.25) is 0 Å². The van der Waals surface area contributed by atoms with Gasteiger partial charge in [-0.05, 0) is 19.3 Å². The van der Waals surface area contributed by atoms with Crippen molar-refractivity contribution in [3.05, 3.63) is 0 Å². The molecule has 0 amide bonds. The number of carboxylic acid groups (broad SMARTS) is 1. The topological polar surface area (TPSA) is 46.5 Å². The zero-order valence-corrected chi connectivity index (χ0v) is 8.70. The third-order valence-electron chi connectivity index (χ3n) is 2.93. The van der Waals surface area contributed by atoms with E-state index in [4.69, 9.17) is 9.84 Å². The molecule has 0 unspecified atom stereocenters. The molecular formula is C10H18O3. The smallest absolute Gasteiger partial charge is 0.307 e. The lowest BCUT2D eigenvalue weighted by molar-refractivity contribution is -0.139.